The average molecular weight is 357 g/mol. The third kappa shape index (κ3) is 4.81. The Balaban J connectivity index is 0.00000192. The molecule has 0 saturated carbocycles. The van der Waals surface area contributed by atoms with E-state index in [1.807, 2.05) is 22.4 Å². The zero-order valence-electron chi connectivity index (χ0n) is 12.8. The summed E-state index contributed by atoms with van der Waals surface area (Å²) in [5.74, 6) is 0.782. The van der Waals surface area contributed by atoms with Gasteiger partial charge < -0.3 is 14.4 Å². The number of piperazine rings is 1. The van der Waals surface area contributed by atoms with Gasteiger partial charge in [0, 0.05) is 37.6 Å². The van der Waals surface area contributed by atoms with Crippen LogP contribution in [-0.4, -0.2) is 53.5 Å². The second-order valence-corrected chi connectivity index (χ2v) is 6.50. The van der Waals surface area contributed by atoms with Crippen molar-refractivity contribution in [2.24, 2.45) is 0 Å². The van der Waals surface area contributed by atoms with Crippen LogP contribution in [0.25, 0.3) is 0 Å². The number of hydrogen-bond acceptors (Lipinski definition) is 5. The zero-order chi connectivity index (χ0) is 15.4. The summed E-state index contributed by atoms with van der Waals surface area (Å²) in [4.78, 5) is 17.4. The predicted molar refractivity (Wildman–Crippen MR) is 92.0 cm³/mol. The van der Waals surface area contributed by atoms with Crippen LogP contribution in [0.1, 0.15) is 16.7 Å². The fourth-order valence-corrected chi connectivity index (χ4v) is 3.37. The molecule has 0 aliphatic carbocycles. The van der Waals surface area contributed by atoms with Crippen molar-refractivity contribution >= 4 is 29.7 Å². The standard InChI is InChI=1S/C16H20N2O3S.ClH/c19-14(15-4-1-9-21-15)12-17-5-7-18(8-6-17)16(20)11-13-3-2-10-22-13;/h1-4,9-10,14,19H,5-8,11-12H2;1H. The minimum Gasteiger partial charge on any atom is -0.467 e. The topological polar surface area (TPSA) is 56.9 Å². The van der Waals surface area contributed by atoms with E-state index in [0.717, 1.165) is 31.1 Å². The summed E-state index contributed by atoms with van der Waals surface area (Å²) in [5.41, 5.74) is 0. The highest BCUT2D eigenvalue weighted by atomic mass is 35.5. The van der Waals surface area contributed by atoms with Gasteiger partial charge in [-0.25, -0.2) is 0 Å². The molecule has 0 aromatic carbocycles. The molecule has 0 radical (unpaired) electrons. The van der Waals surface area contributed by atoms with Crippen molar-refractivity contribution in [2.45, 2.75) is 12.5 Å². The molecule has 7 heteroatoms. The molecule has 3 heterocycles. The van der Waals surface area contributed by atoms with Gasteiger partial charge in [-0.3, -0.25) is 9.69 Å². The number of aliphatic hydroxyl groups is 1. The van der Waals surface area contributed by atoms with Crippen LogP contribution in [0.15, 0.2) is 40.3 Å². The van der Waals surface area contributed by atoms with Crippen LogP contribution in [0.4, 0.5) is 0 Å². The lowest BCUT2D eigenvalue weighted by Gasteiger charge is -2.35. The van der Waals surface area contributed by atoms with E-state index in [-0.39, 0.29) is 18.3 Å². The maximum atomic E-state index is 12.2. The Morgan fingerprint density at radius 3 is 2.65 bits per heavy atom. The number of thiophene rings is 1. The summed E-state index contributed by atoms with van der Waals surface area (Å²) >= 11 is 1.62. The van der Waals surface area contributed by atoms with Crippen molar-refractivity contribution < 1.29 is 14.3 Å². The minimum absolute atomic E-state index is 0. The normalized spacial score (nSPS) is 16.8. The van der Waals surface area contributed by atoms with Gasteiger partial charge in [-0.2, -0.15) is 0 Å². The quantitative estimate of drug-likeness (QED) is 0.892. The number of aliphatic hydroxyl groups excluding tert-OH is 1. The lowest BCUT2D eigenvalue weighted by Crippen LogP contribution is -2.49. The van der Waals surface area contributed by atoms with Gasteiger partial charge in [0.05, 0.1) is 12.7 Å². The van der Waals surface area contributed by atoms with Crippen molar-refractivity contribution in [1.82, 2.24) is 9.80 Å². The fraction of sp³-hybridized carbons (Fsp3) is 0.438. The molecular formula is C16H21ClN2O3S. The molecule has 1 aliphatic rings. The number of β-amino-alcohol motifs (C(OH)–C–C–N with tert-alkyl or cyclic N) is 1. The number of nitrogens with zero attached hydrogens (tertiary/aromatic N) is 2. The molecule has 1 saturated heterocycles. The minimum atomic E-state index is -0.608. The number of halogens is 1. The van der Waals surface area contributed by atoms with Gasteiger partial charge >= 0.3 is 0 Å². The summed E-state index contributed by atoms with van der Waals surface area (Å²) in [7, 11) is 0. The second-order valence-electron chi connectivity index (χ2n) is 5.47. The van der Waals surface area contributed by atoms with Gasteiger partial charge in [0.15, 0.2) is 0 Å². The summed E-state index contributed by atoms with van der Waals surface area (Å²) in [6.07, 6.45) is 1.45. The van der Waals surface area contributed by atoms with Crippen LogP contribution >= 0.6 is 23.7 Å². The van der Waals surface area contributed by atoms with E-state index in [9.17, 15) is 9.90 Å². The summed E-state index contributed by atoms with van der Waals surface area (Å²) in [6.45, 7) is 3.55. The van der Waals surface area contributed by atoms with Crippen LogP contribution in [0.5, 0.6) is 0 Å². The first-order chi connectivity index (χ1) is 10.7. The molecule has 1 unspecified atom stereocenters. The molecule has 23 heavy (non-hydrogen) atoms. The third-order valence-electron chi connectivity index (χ3n) is 3.93. The second kappa shape index (κ2) is 8.49. The maximum absolute atomic E-state index is 12.2. The Kier molecular flexibility index (Phi) is 6.65. The number of carbonyl (C=O) groups excluding carboxylic acids is 1. The monoisotopic (exact) mass is 356 g/mol. The molecule has 1 amide bonds. The molecule has 2 aromatic rings. The average Bonchev–Trinajstić information content (AvgIpc) is 3.21. The lowest BCUT2D eigenvalue weighted by molar-refractivity contribution is -0.132. The maximum Gasteiger partial charge on any atom is 0.227 e. The van der Waals surface area contributed by atoms with E-state index in [2.05, 4.69) is 4.90 Å². The first-order valence-electron chi connectivity index (χ1n) is 7.46. The van der Waals surface area contributed by atoms with Crippen LogP contribution < -0.4 is 0 Å². The van der Waals surface area contributed by atoms with Gasteiger partial charge in [0.2, 0.25) is 5.91 Å². The summed E-state index contributed by atoms with van der Waals surface area (Å²) in [6, 6.07) is 7.53. The van der Waals surface area contributed by atoms with E-state index < -0.39 is 6.10 Å². The van der Waals surface area contributed by atoms with Gasteiger partial charge in [0.1, 0.15) is 11.9 Å². The van der Waals surface area contributed by atoms with E-state index in [1.165, 1.54) is 0 Å². The summed E-state index contributed by atoms with van der Waals surface area (Å²) in [5, 5.41) is 12.1. The molecule has 1 N–H and O–H groups in total. The molecule has 3 rings (SSSR count). The highest BCUT2D eigenvalue weighted by molar-refractivity contribution is 7.10. The molecule has 5 nitrogen and oxygen atoms in total. The van der Waals surface area contributed by atoms with E-state index in [1.54, 1.807) is 29.7 Å². The molecular weight excluding hydrogens is 336 g/mol. The zero-order valence-corrected chi connectivity index (χ0v) is 14.4. The Bertz CT molecular complexity index is 581. The number of rotatable bonds is 5. The van der Waals surface area contributed by atoms with Crippen molar-refractivity contribution in [3.05, 3.63) is 46.5 Å². The molecule has 0 spiro atoms. The van der Waals surface area contributed by atoms with E-state index in [4.69, 9.17) is 4.42 Å². The van der Waals surface area contributed by atoms with Crippen molar-refractivity contribution in [3.63, 3.8) is 0 Å². The number of carbonyl (C=O) groups is 1. The Hall–Kier alpha value is -1.34. The summed E-state index contributed by atoms with van der Waals surface area (Å²) < 4.78 is 5.21. The molecule has 0 bridgehead atoms. The fourth-order valence-electron chi connectivity index (χ4n) is 2.67. The molecule has 1 fully saturated rings. The van der Waals surface area contributed by atoms with Crippen molar-refractivity contribution in [2.75, 3.05) is 32.7 Å². The molecule has 1 aliphatic heterocycles. The Morgan fingerprint density at radius 2 is 2.04 bits per heavy atom. The Labute approximate surface area is 145 Å². The van der Waals surface area contributed by atoms with Crippen LogP contribution in [0.3, 0.4) is 0 Å². The largest absolute Gasteiger partial charge is 0.467 e. The molecule has 126 valence electrons. The third-order valence-corrected chi connectivity index (χ3v) is 4.81. The highest BCUT2D eigenvalue weighted by Crippen LogP contribution is 2.16. The number of amides is 1. The Morgan fingerprint density at radius 1 is 1.26 bits per heavy atom. The predicted octanol–water partition coefficient (Wildman–Crippen LogP) is 2.18. The van der Waals surface area contributed by atoms with Crippen LogP contribution in [0.2, 0.25) is 0 Å². The van der Waals surface area contributed by atoms with Crippen LogP contribution in [-0.2, 0) is 11.2 Å². The smallest absolute Gasteiger partial charge is 0.227 e. The lowest BCUT2D eigenvalue weighted by atomic mass is 10.2. The van der Waals surface area contributed by atoms with Crippen molar-refractivity contribution in [3.8, 4) is 0 Å². The van der Waals surface area contributed by atoms with E-state index >= 15 is 0 Å². The SMILES string of the molecule is Cl.O=C(Cc1cccs1)N1CCN(CC(O)c2ccco2)CC1. The number of hydrogen-bond donors (Lipinski definition) is 1. The van der Waals surface area contributed by atoms with Crippen LogP contribution in [0, 0.1) is 0 Å². The number of furan rings is 1. The molecule has 1 atom stereocenters. The van der Waals surface area contributed by atoms with Gasteiger partial charge in [-0.1, -0.05) is 6.07 Å². The van der Waals surface area contributed by atoms with Gasteiger partial charge in [-0.15, -0.1) is 23.7 Å². The molecule has 2 aromatic heterocycles. The van der Waals surface area contributed by atoms with E-state index in [0.29, 0.717) is 18.7 Å². The van der Waals surface area contributed by atoms with Gasteiger partial charge in [-0.05, 0) is 23.6 Å². The van der Waals surface area contributed by atoms with Gasteiger partial charge in [0.25, 0.3) is 0 Å². The highest BCUT2D eigenvalue weighted by Gasteiger charge is 2.23. The van der Waals surface area contributed by atoms with Crippen molar-refractivity contribution in [1.29, 1.82) is 0 Å². The first kappa shape index (κ1) is 18.0. The first-order valence-corrected chi connectivity index (χ1v) is 8.34.